The molecule has 2 N–H and O–H groups in total. The maximum Gasteiger partial charge on any atom is 0.232 e. The van der Waals surface area contributed by atoms with Gasteiger partial charge in [0.1, 0.15) is 5.92 Å². The Labute approximate surface area is 197 Å². The number of piperidine rings is 1. The Bertz CT molecular complexity index is 992. The van der Waals surface area contributed by atoms with E-state index < -0.39 is 0 Å². The molecule has 2 aromatic rings. The summed E-state index contributed by atoms with van der Waals surface area (Å²) in [6, 6.07) is 17.3. The van der Waals surface area contributed by atoms with E-state index in [4.69, 9.17) is 9.47 Å². The molecule has 1 spiro atoms. The number of methoxy groups -OCH3 is 1. The summed E-state index contributed by atoms with van der Waals surface area (Å²) in [6.45, 7) is 7.79. The van der Waals surface area contributed by atoms with Gasteiger partial charge < -0.3 is 19.7 Å². The zero-order valence-electron chi connectivity index (χ0n) is 20.1. The fourth-order valence-electron chi connectivity index (χ4n) is 6.61. The minimum absolute atomic E-state index is 0.0261. The number of ether oxygens (including phenoxy) is 2. The topological polar surface area (TPSA) is 55.4 Å². The zero-order chi connectivity index (χ0) is 23.0. The number of fused-ring (bicyclic) bond motifs is 2. The molecule has 5 heteroatoms. The predicted molar refractivity (Wildman–Crippen MR) is 129 cm³/mol. The van der Waals surface area contributed by atoms with Crippen LogP contribution in [0.15, 0.2) is 48.5 Å². The Morgan fingerprint density at radius 2 is 2.00 bits per heavy atom. The van der Waals surface area contributed by atoms with Gasteiger partial charge in [-0.2, -0.15) is 0 Å². The zero-order valence-corrected chi connectivity index (χ0v) is 20.1. The van der Waals surface area contributed by atoms with Crippen LogP contribution in [0.5, 0.6) is 11.5 Å². The number of carbonyl (C=O) groups is 1. The molecule has 2 saturated heterocycles. The van der Waals surface area contributed by atoms with Crippen molar-refractivity contribution in [3.63, 3.8) is 0 Å². The van der Waals surface area contributed by atoms with Crippen molar-refractivity contribution in [2.75, 3.05) is 33.4 Å². The molecule has 2 fully saturated rings. The summed E-state index contributed by atoms with van der Waals surface area (Å²) in [5.41, 5.74) is 2.38. The Kier molecular flexibility index (Phi) is 6.09. The summed E-state index contributed by atoms with van der Waals surface area (Å²) in [5.74, 6) is 2.88. The van der Waals surface area contributed by atoms with Gasteiger partial charge in [-0.3, -0.25) is 4.79 Å². The quantitative estimate of drug-likeness (QED) is 0.779. The lowest BCUT2D eigenvalue weighted by atomic mass is 9.68. The summed E-state index contributed by atoms with van der Waals surface area (Å²) in [4.78, 5) is 16.5. The maximum absolute atomic E-state index is 14.2. The first kappa shape index (κ1) is 22.3. The Hall–Kier alpha value is -2.53. The summed E-state index contributed by atoms with van der Waals surface area (Å²) in [6.07, 6.45) is 2.97. The number of nitrogens with two attached hydrogens (primary N) is 1. The van der Waals surface area contributed by atoms with E-state index in [1.165, 1.54) is 5.56 Å². The van der Waals surface area contributed by atoms with Crippen LogP contribution in [0.3, 0.4) is 0 Å². The van der Waals surface area contributed by atoms with E-state index in [9.17, 15) is 4.79 Å². The summed E-state index contributed by atoms with van der Waals surface area (Å²) >= 11 is 0. The fraction of sp³-hybridized carbons (Fsp3) is 0.536. The SMILES string of the molecule is COc1cccc2c1OCC[C@]21C[NH2+]CC1C(=O)N1CC[C@@H](c2ccccc2)C[C@H]1C(C)C. The molecule has 5 rings (SSSR count). The van der Waals surface area contributed by atoms with Gasteiger partial charge in [0, 0.05) is 18.2 Å². The molecule has 0 bridgehead atoms. The highest BCUT2D eigenvalue weighted by Gasteiger charge is 2.56. The minimum Gasteiger partial charge on any atom is -0.493 e. The average molecular weight is 450 g/mol. The largest absolute Gasteiger partial charge is 0.493 e. The lowest BCUT2D eigenvalue weighted by molar-refractivity contribution is -0.640. The molecule has 3 heterocycles. The number of carbonyl (C=O) groups excluding carboxylic acids is 1. The number of nitrogens with zero attached hydrogens (tertiary/aromatic N) is 1. The van der Waals surface area contributed by atoms with Gasteiger partial charge in [0.05, 0.1) is 32.2 Å². The smallest absolute Gasteiger partial charge is 0.232 e. The maximum atomic E-state index is 14.2. The first-order valence-electron chi connectivity index (χ1n) is 12.5. The van der Waals surface area contributed by atoms with Crippen molar-refractivity contribution in [3.8, 4) is 11.5 Å². The van der Waals surface area contributed by atoms with Crippen LogP contribution in [-0.2, 0) is 10.2 Å². The van der Waals surface area contributed by atoms with Gasteiger partial charge in [0.2, 0.25) is 5.91 Å². The number of rotatable bonds is 4. The number of likely N-dealkylation sites (tertiary alicyclic amines) is 1. The minimum atomic E-state index is -0.184. The van der Waals surface area contributed by atoms with Crippen LogP contribution in [0.25, 0.3) is 0 Å². The molecular weight excluding hydrogens is 412 g/mol. The molecule has 0 aromatic heterocycles. The van der Waals surface area contributed by atoms with Crippen LogP contribution in [0.1, 0.15) is 50.2 Å². The summed E-state index contributed by atoms with van der Waals surface area (Å²) < 4.78 is 11.7. The van der Waals surface area contributed by atoms with Gasteiger partial charge in [-0.1, -0.05) is 56.3 Å². The highest BCUT2D eigenvalue weighted by molar-refractivity contribution is 5.82. The lowest BCUT2D eigenvalue weighted by Crippen LogP contribution is -2.82. The van der Waals surface area contributed by atoms with E-state index in [1.54, 1.807) is 7.11 Å². The van der Waals surface area contributed by atoms with Crippen LogP contribution in [0.2, 0.25) is 0 Å². The number of para-hydroxylation sites is 1. The van der Waals surface area contributed by atoms with E-state index in [0.717, 1.165) is 56.0 Å². The Balaban J connectivity index is 1.44. The van der Waals surface area contributed by atoms with Crippen molar-refractivity contribution >= 4 is 5.91 Å². The first-order chi connectivity index (χ1) is 16.0. The van der Waals surface area contributed by atoms with Crippen molar-refractivity contribution in [3.05, 3.63) is 59.7 Å². The van der Waals surface area contributed by atoms with Crippen LogP contribution in [-0.4, -0.2) is 50.2 Å². The highest BCUT2D eigenvalue weighted by Crippen LogP contribution is 2.49. The van der Waals surface area contributed by atoms with Crippen molar-refractivity contribution in [2.45, 2.75) is 50.5 Å². The normalized spacial score (nSPS) is 29.1. The molecule has 33 heavy (non-hydrogen) atoms. The molecule has 3 aliphatic rings. The fourth-order valence-corrected chi connectivity index (χ4v) is 6.61. The molecule has 0 radical (unpaired) electrons. The standard InChI is InChI=1S/C28H36N2O3/c1-19(2)24-16-21(20-8-5-4-6-9-20)12-14-30(24)27(31)23-17-29-18-28(23)13-15-33-26-22(28)10-7-11-25(26)32-3/h4-11,19,21,23-24,29H,12-18H2,1-3H3/p+1/t21-,23?,24+,28+/m1/s1. The molecule has 2 aromatic carbocycles. The molecule has 0 aliphatic carbocycles. The van der Waals surface area contributed by atoms with E-state index in [-0.39, 0.29) is 17.4 Å². The summed E-state index contributed by atoms with van der Waals surface area (Å²) in [7, 11) is 1.69. The van der Waals surface area contributed by atoms with E-state index in [0.29, 0.717) is 24.3 Å². The van der Waals surface area contributed by atoms with Gasteiger partial charge in [-0.05, 0) is 42.7 Å². The Morgan fingerprint density at radius 1 is 1.18 bits per heavy atom. The first-order valence-corrected chi connectivity index (χ1v) is 12.5. The van der Waals surface area contributed by atoms with E-state index in [2.05, 4.69) is 60.5 Å². The van der Waals surface area contributed by atoms with Crippen LogP contribution < -0.4 is 14.8 Å². The molecular formula is C28H37N2O3+. The summed E-state index contributed by atoms with van der Waals surface area (Å²) in [5, 5.41) is 2.33. The number of hydrogen-bond acceptors (Lipinski definition) is 3. The van der Waals surface area contributed by atoms with Gasteiger partial charge in [0.25, 0.3) is 0 Å². The number of quaternary nitrogens is 1. The third kappa shape index (κ3) is 3.80. The van der Waals surface area contributed by atoms with E-state index >= 15 is 0 Å². The van der Waals surface area contributed by atoms with Crippen LogP contribution in [0, 0.1) is 11.8 Å². The van der Waals surface area contributed by atoms with Gasteiger partial charge >= 0.3 is 0 Å². The molecule has 1 unspecified atom stereocenters. The second kappa shape index (κ2) is 9.02. The third-order valence-electron chi connectivity index (χ3n) is 8.37. The molecule has 5 nitrogen and oxygen atoms in total. The monoisotopic (exact) mass is 449 g/mol. The van der Waals surface area contributed by atoms with E-state index in [1.807, 2.05) is 12.1 Å². The van der Waals surface area contributed by atoms with Crippen LogP contribution >= 0.6 is 0 Å². The van der Waals surface area contributed by atoms with Crippen molar-refractivity contribution in [1.29, 1.82) is 0 Å². The second-order valence-corrected chi connectivity index (χ2v) is 10.3. The van der Waals surface area contributed by atoms with Gasteiger partial charge in [0.15, 0.2) is 11.5 Å². The second-order valence-electron chi connectivity index (χ2n) is 10.3. The van der Waals surface area contributed by atoms with Crippen molar-refractivity contribution < 1.29 is 19.6 Å². The highest BCUT2D eigenvalue weighted by atomic mass is 16.5. The van der Waals surface area contributed by atoms with Gasteiger partial charge in [-0.25, -0.2) is 0 Å². The number of benzene rings is 2. The Morgan fingerprint density at radius 3 is 2.76 bits per heavy atom. The average Bonchev–Trinajstić information content (AvgIpc) is 3.27. The molecule has 1 amide bonds. The van der Waals surface area contributed by atoms with Crippen molar-refractivity contribution in [2.24, 2.45) is 11.8 Å². The molecule has 3 aliphatic heterocycles. The third-order valence-corrected chi connectivity index (χ3v) is 8.37. The lowest BCUT2D eigenvalue weighted by Gasteiger charge is -2.45. The van der Waals surface area contributed by atoms with Gasteiger partial charge in [-0.15, -0.1) is 0 Å². The number of amides is 1. The number of hydrogen-bond donors (Lipinski definition) is 1. The van der Waals surface area contributed by atoms with Crippen LogP contribution in [0.4, 0.5) is 0 Å². The molecule has 176 valence electrons. The molecule has 4 atom stereocenters. The predicted octanol–water partition coefficient (Wildman–Crippen LogP) is 3.34. The van der Waals surface area contributed by atoms with Crippen molar-refractivity contribution in [1.82, 2.24) is 4.90 Å². The molecule has 0 saturated carbocycles.